The molecule has 98 valence electrons. The van der Waals surface area contributed by atoms with Crippen molar-refractivity contribution in [3.8, 4) is 5.88 Å². The number of pyridine rings is 1. The van der Waals surface area contributed by atoms with Crippen LogP contribution in [0.25, 0.3) is 0 Å². The Morgan fingerprint density at radius 3 is 2.72 bits per heavy atom. The van der Waals surface area contributed by atoms with E-state index in [1.807, 2.05) is 23.1 Å². The van der Waals surface area contributed by atoms with E-state index in [4.69, 9.17) is 4.74 Å². The summed E-state index contributed by atoms with van der Waals surface area (Å²) in [5.74, 6) is 1.07. The second kappa shape index (κ2) is 5.85. The van der Waals surface area contributed by atoms with E-state index in [2.05, 4.69) is 18.8 Å². The van der Waals surface area contributed by atoms with Crippen molar-refractivity contribution in [1.29, 1.82) is 0 Å². The maximum Gasteiger partial charge on any atom is 0.225 e. The summed E-state index contributed by atoms with van der Waals surface area (Å²) in [6.07, 6.45) is 3.63. The van der Waals surface area contributed by atoms with Gasteiger partial charge in [0.05, 0.1) is 13.1 Å². The second-order valence-electron chi connectivity index (χ2n) is 4.66. The summed E-state index contributed by atoms with van der Waals surface area (Å²) in [5.41, 5.74) is 0. The molecule has 1 saturated heterocycles. The summed E-state index contributed by atoms with van der Waals surface area (Å²) in [7, 11) is 0. The lowest BCUT2D eigenvalue weighted by atomic mass is 9.99. The molecule has 2 heterocycles. The molecule has 1 amide bonds. The Kier molecular flexibility index (Phi) is 4.18. The highest BCUT2D eigenvalue weighted by molar-refractivity contribution is 5.79. The molecule has 2 rings (SSSR count). The van der Waals surface area contributed by atoms with Crippen molar-refractivity contribution in [3.63, 3.8) is 0 Å². The lowest BCUT2D eigenvalue weighted by Gasteiger charge is -2.40. The number of nitrogens with zero attached hydrogens (tertiary/aromatic N) is 2. The third kappa shape index (κ3) is 2.81. The first-order chi connectivity index (χ1) is 8.74. The summed E-state index contributed by atoms with van der Waals surface area (Å²) in [5, 5.41) is 0. The predicted molar refractivity (Wildman–Crippen MR) is 69.3 cm³/mol. The van der Waals surface area contributed by atoms with Gasteiger partial charge >= 0.3 is 0 Å². The fourth-order valence-corrected chi connectivity index (χ4v) is 2.18. The SMILES string of the molecule is CCC(CC)C(=O)N1CC(Oc2ccccn2)C1. The van der Waals surface area contributed by atoms with E-state index in [1.165, 1.54) is 0 Å². The van der Waals surface area contributed by atoms with Crippen LogP contribution in [0.1, 0.15) is 26.7 Å². The van der Waals surface area contributed by atoms with Gasteiger partial charge in [0, 0.05) is 18.2 Å². The lowest BCUT2D eigenvalue weighted by Crippen LogP contribution is -2.57. The number of ether oxygens (including phenoxy) is 1. The van der Waals surface area contributed by atoms with Crippen molar-refractivity contribution in [2.45, 2.75) is 32.8 Å². The smallest absolute Gasteiger partial charge is 0.225 e. The Morgan fingerprint density at radius 1 is 1.44 bits per heavy atom. The van der Waals surface area contributed by atoms with Crippen molar-refractivity contribution >= 4 is 5.91 Å². The first-order valence-electron chi connectivity index (χ1n) is 6.61. The number of hydrogen-bond acceptors (Lipinski definition) is 3. The molecule has 0 spiro atoms. The number of rotatable bonds is 5. The number of carbonyl (C=O) groups is 1. The highest BCUT2D eigenvalue weighted by atomic mass is 16.5. The van der Waals surface area contributed by atoms with E-state index in [1.54, 1.807) is 6.20 Å². The van der Waals surface area contributed by atoms with Gasteiger partial charge in [-0.15, -0.1) is 0 Å². The molecule has 0 aromatic carbocycles. The zero-order valence-corrected chi connectivity index (χ0v) is 11.0. The summed E-state index contributed by atoms with van der Waals surface area (Å²) in [6.45, 7) is 5.50. The van der Waals surface area contributed by atoms with Crippen LogP contribution in [0.5, 0.6) is 5.88 Å². The van der Waals surface area contributed by atoms with E-state index < -0.39 is 0 Å². The van der Waals surface area contributed by atoms with Gasteiger partial charge in [0.25, 0.3) is 0 Å². The van der Waals surface area contributed by atoms with E-state index in [0.29, 0.717) is 19.0 Å². The van der Waals surface area contributed by atoms with Crippen LogP contribution >= 0.6 is 0 Å². The van der Waals surface area contributed by atoms with Crippen LogP contribution in [0.15, 0.2) is 24.4 Å². The molecule has 1 aliphatic heterocycles. The predicted octanol–water partition coefficient (Wildman–Crippen LogP) is 2.11. The quantitative estimate of drug-likeness (QED) is 0.801. The number of amides is 1. The van der Waals surface area contributed by atoms with Gasteiger partial charge in [-0.3, -0.25) is 4.79 Å². The number of aromatic nitrogens is 1. The van der Waals surface area contributed by atoms with E-state index >= 15 is 0 Å². The third-order valence-electron chi connectivity index (χ3n) is 3.42. The van der Waals surface area contributed by atoms with Crippen molar-refractivity contribution in [3.05, 3.63) is 24.4 Å². The average molecular weight is 248 g/mol. The number of carbonyl (C=O) groups excluding carboxylic acids is 1. The zero-order valence-electron chi connectivity index (χ0n) is 11.0. The molecule has 0 N–H and O–H groups in total. The van der Waals surface area contributed by atoms with Gasteiger partial charge in [0.1, 0.15) is 6.10 Å². The maximum atomic E-state index is 12.0. The van der Waals surface area contributed by atoms with Crippen molar-refractivity contribution < 1.29 is 9.53 Å². The van der Waals surface area contributed by atoms with Crippen LogP contribution in [-0.4, -0.2) is 35.0 Å². The Labute approximate surface area is 108 Å². The van der Waals surface area contributed by atoms with E-state index in [0.717, 1.165) is 12.8 Å². The molecular formula is C14H20N2O2. The Hall–Kier alpha value is -1.58. The first kappa shape index (κ1) is 12.9. The molecule has 1 aromatic rings. The van der Waals surface area contributed by atoms with Crippen molar-refractivity contribution in [2.75, 3.05) is 13.1 Å². The Bertz CT molecular complexity index is 384. The molecule has 18 heavy (non-hydrogen) atoms. The zero-order chi connectivity index (χ0) is 13.0. The summed E-state index contributed by atoms with van der Waals surface area (Å²) >= 11 is 0. The monoisotopic (exact) mass is 248 g/mol. The topological polar surface area (TPSA) is 42.4 Å². The molecule has 4 nitrogen and oxygen atoms in total. The lowest BCUT2D eigenvalue weighted by molar-refractivity contribution is -0.144. The van der Waals surface area contributed by atoms with Crippen LogP contribution in [0.4, 0.5) is 0 Å². The minimum absolute atomic E-state index is 0.0956. The standard InChI is InChI=1S/C14H20N2O2/c1-3-11(4-2)14(17)16-9-12(10-16)18-13-7-5-6-8-15-13/h5-8,11-12H,3-4,9-10H2,1-2H3. The highest BCUT2D eigenvalue weighted by Crippen LogP contribution is 2.20. The molecule has 0 saturated carbocycles. The minimum atomic E-state index is 0.0956. The molecule has 1 fully saturated rings. The number of hydrogen-bond donors (Lipinski definition) is 0. The Balaban J connectivity index is 1.79. The minimum Gasteiger partial charge on any atom is -0.471 e. The van der Waals surface area contributed by atoms with Crippen LogP contribution < -0.4 is 4.74 Å². The third-order valence-corrected chi connectivity index (χ3v) is 3.42. The van der Waals surface area contributed by atoms with Gasteiger partial charge in [-0.25, -0.2) is 4.98 Å². The van der Waals surface area contributed by atoms with Gasteiger partial charge in [0.2, 0.25) is 11.8 Å². The van der Waals surface area contributed by atoms with E-state index in [9.17, 15) is 4.79 Å². The maximum absolute atomic E-state index is 12.0. The van der Waals surface area contributed by atoms with E-state index in [-0.39, 0.29) is 17.9 Å². The fourth-order valence-electron chi connectivity index (χ4n) is 2.18. The fraction of sp³-hybridized carbons (Fsp3) is 0.571. The van der Waals surface area contributed by atoms with Gasteiger partial charge in [-0.1, -0.05) is 19.9 Å². The molecule has 0 aliphatic carbocycles. The largest absolute Gasteiger partial charge is 0.471 e. The van der Waals surface area contributed by atoms with Gasteiger partial charge in [-0.05, 0) is 18.9 Å². The summed E-state index contributed by atoms with van der Waals surface area (Å²) in [4.78, 5) is 18.0. The molecule has 0 radical (unpaired) electrons. The van der Waals surface area contributed by atoms with Gasteiger partial charge < -0.3 is 9.64 Å². The molecular weight excluding hydrogens is 228 g/mol. The first-order valence-corrected chi connectivity index (χ1v) is 6.61. The summed E-state index contributed by atoms with van der Waals surface area (Å²) in [6, 6.07) is 5.59. The molecule has 1 aliphatic rings. The summed E-state index contributed by atoms with van der Waals surface area (Å²) < 4.78 is 5.67. The van der Waals surface area contributed by atoms with Crippen molar-refractivity contribution in [1.82, 2.24) is 9.88 Å². The number of likely N-dealkylation sites (tertiary alicyclic amines) is 1. The van der Waals surface area contributed by atoms with Crippen LogP contribution in [0.3, 0.4) is 0 Å². The molecule has 1 aromatic heterocycles. The van der Waals surface area contributed by atoms with Crippen molar-refractivity contribution in [2.24, 2.45) is 5.92 Å². The second-order valence-corrected chi connectivity index (χ2v) is 4.66. The Morgan fingerprint density at radius 2 is 2.17 bits per heavy atom. The highest BCUT2D eigenvalue weighted by Gasteiger charge is 2.34. The van der Waals surface area contributed by atoms with Gasteiger partial charge in [0.15, 0.2) is 0 Å². The van der Waals surface area contributed by atoms with Gasteiger partial charge in [-0.2, -0.15) is 0 Å². The molecule has 4 heteroatoms. The van der Waals surface area contributed by atoms with Crippen LogP contribution in [0, 0.1) is 5.92 Å². The molecule has 0 bridgehead atoms. The van der Waals surface area contributed by atoms with Crippen LogP contribution in [0.2, 0.25) is 0 Å². The average Bonchev–Trinajstić information content (AvgIpc) is 2.36. The normalized spacial score (nSPS) is 15.6. The van der Waals surface area contributed by atoms with Crippen LogP contribution in [-0.2, 0) is 4.79 Å². The molecule has 0 unspecified atom stereocenters. The molecule has 0 atom stereocenters.